The lowest BCUT2D eigenvalue weighted by molar-refractivity contribution is -0.132. The van der Waals surface area contributed by atoms with Gasteiger partial charge in [0.25, 0.3) is 0 Å². The van der Waals surface area contributed by atoms with Crippen molar-refractivity contribution in [3.05, 3.63) is 77.6 Å². The quantitative estimate of drug-likeness (QED) is 0.0925. The number of carbonyl (C=O) groups is 5. The smallest absolute Gasteiger partial charge is 0.243 e. The molecule has 0 fully saturated rings. The number of phenolic OH excluding ortho intramolecular Hbond substituents is 1. The molecule has 0 spiro atoms. The first kappa shape index (κ1) is 35.2. The summed E-state index contributed by atoms with van der Waals surface area (Å²) in [5.74, 6) is -2.66. The van der Waals surface area contributed by atoms with Gasteiger partial charge in [-0.25, -0.2) is 0 Å². The first-order valence-corrected chi connectivity index (χ1v) is 14.8. The van der Waals surface area contributed by atoms with E-state index < -0.39 is 60.8 Å². The molecular formula is C31H41N9O6. The highest BCUT2D eigenvalue weighted by Crippen LogP contribution is 2.11. The van der Waals surface area contributed by atoms with E-state index in [2.05, 4.69) is 42.0 Å². The second-order valence-electron chi connectivity index (χ2n) is 11.2. The summed E-state index contributed by atoms with van der Waals surface area (Å²) in [4.78, 5) is 63.9. The summed E-state index contributed by atoms with van der Waals surface area (Å²) in [6.07, 6.45) is 2.16. The molecule has 3 rings (SSSR count). The molecule has 2 aromatic carbocycles. The van der Waals surface area contributed by atoms with Crippen LogP contribution in [-0.4, -0.2) is 81.3 Å². The number of amides is 5. The number of nitrogens with zero attached hydrogens (tertiary/aromatic N) is 2. The van der Waals surface area contributed by atoms with E-state index in [1.807, 2.05) is 19.9 Å². The van der Waals surface area contributed by atoms with Crippen molar-refractivity contribution >= 4 is 29.5 Å². The predicted octanol–water partition coefficient (Wildman–Crippen LogP) is -0.813. The average Bonchev–Trinajstić information content (AvgIpc) is 3.56. The van der Waals surface area contributed by atoms with Gasteiger partial charge in [-0.15, -0.1) is 0 Å². The molecule has 0 bridgehead atoms. The normalized spacial score (nSPS) is 12.8. The van der Waals surface area contributed by atoms with Crippen molar-refractivity contribution in [2.45, 2.75) is 57.8 Å². The lowest BCUT2D eigenvalue weighted by Crippen LogP contribution is -2.55. The van der Waals surface area contributed by atoms with E-state index in [0.29, 0.717) is 12.1 Å². The zero-order valence-electron chi connectivity index (χ0n) is 25.8. The molecular weight excluding hydrogens is 594 g/mol. The summed E-state index contributed by atoms with van der Waals surface area (Å²) in [7, 11) is 0. The molecule has 0 unspecified atom stereocenters. The first-order chi connectivity index (χ1) is 22.0. The fraction of sp³-hybridized carbons (Fsp3) is 0.387. The Morgan fingerprint density at radius 3 is 2.11 bits per heavy atom. The Morgan fingerprint density at radius 2 is 1.46 bits per heavy atom. The minimum atomic E-state index is -1.05. The van der Waals surface area contributed by atoms with Crippen LogP contribution < -0.4 is 32.3 Å². The Kier molecular flexibility index (Phi) is 13.6. The second-order valence-corrected chi connectivity index (χ2v) is 11.2. The van der Waals surface area contributed by atoms with E-state index >= 15 is 0 Å². The molecule has 0 saturated carbocycles. The molecule has 1 aromatic heterocycles. The van der Waals surface area contributed by atoms with E-state index in [-0.39, 0.29) is 31.1 Å². The number of H-pyrrole nitrogens is 1. The number of aromatic hydroxyl groups is 1. The second kappa shape index (κ2) is 17.9. The maximum atomic E-state index is 13.4. The van der Waals surface area contributed by atoms with Gasteiger partial charge in [-0.05, 0) is 42.0 Å². The Balaban J connectivity index is 1.54. The number of hydrogen-bond donors (Lipinski definition) is 8. The highest BCUT2D eigenvalue weighted by atomic mass is 16.3. The zero-order chi connectivity index (χ0) is 33.5. The average molecular weight is 636 g/mol. The number of aromatic amines is 1. The van der Waals surface area contributed by atoms with Gasteiger partial charge in [-0.2, -0.15) is 15.4 Å². The molecule has 9 N–H and O–H groups in total. The predicted molar refractivity (Wildman–Crippen MR) is 167 cm³/mol. The maximum Gasteiger partial charge on any atom is 0.243 e. The number of aromatic nitrogens is 3. The number of benzene rings is 2. The van der Waals surface area contributed by atoms with E-state index in [0.717, 1.165) is 11.1 Å². The van der Waals surface area contributed by atoms with Crippen molar-refractivity contribution < 1.29 is 29.1 Å². The van der Waals surface area contributed by atoms with Gasteiger partial charge in [0.2, 0.25) is 29.5 Å². The van der Waals surface area contributed by atoms with Crippen molar-refractivity contribution in [2.75, 3.05) is 13.1 Å². The summed E-state index contributed by atoms with van der Waals surface area (Å²) < 4.78 is 0. The van der Waals surface area contributed by atoms with E-state index in [9.17, 15) is 29.1 Å². The molecule has 0 aliphatic heterocycles. The van der Waals surface area contributed by atoms with Crippen molar-refractivity contribution in [1.29, 1.82) is 0 Å². The van der Waals surface area contributed by atoms with Crippen LogP contribution in [0.2, 0.25) is 0 Å². The standard InChI is InChI=1S/C31H41N9O6/c1-19(2)12-25(30(45)34-15-22-16-36-40-39-22)38-31(46)26(14-20-6-4-3-5-7-20)37-28(43)18-33-27(42)17-35-29(44)24(32)13-21-8-10-23(41)11-9-21/h3-11,16,19,24-26,41H,12-15,17-18,32H2,1-2H3,(H,33,42)(H,34,45)(H,35,44)(H,37,43)(H,38,46)(H,36,39,40)/t24-,25-,26-/m0/s1. The van der Waals surface area contributed by atoms with Gasteiger partial charge >= 0.3 is 0 Å². The molecule has 0 aliphatic carbocycles. The van der Waals surface area contributed by atoms with Gasteiger partial charge in [0.15, 0.2) is 0 Å². The van der Waals surface area contributed by atoms with Gasteiger partial charge in [-0.1, -0.05) is 56.3 Å². The molecule has 3 atom stereocenters. The van der Waals surface area contributed by atoms with E-state index in [1.54, 1.807) is 36.4 Å². The number of rotatable bonds is 17. The van der Waals surface area contributed by atoms with Crippen LogP contribution in [0.25, 0.3) is 0 Å². The van der Waals surface area contributed by atoms with Crippen LogP contribution in [0.5, 0.6) is 5.75 Å². The molecule has 15 nitrogen and oxygen atoms in total. The molecule has 0 radical (unpaired) electrons. The van der Waals surface area contributed by atoms with Crippen LogP contribution in [0.15, 0.2) is 60.8 Å². The summed E-state index contributed by atoms with van der Waals surface area (Å²) in [6, 6.07) is 12.4. The van der Waals surface area contributed by atoms with E-state index in [4.69, 9.17) is 5.73 Å². The summed E-state index contributed by atoms with van der Waals surface area (Å²) in [5.41, 5.74) is 7.95. The molecule has 246 valence electrons. The molecule has 5 amide bonds. The van der Waals surface area contributed by atoms with Crippen LogP contribution in [0.3, 0.4) is 0 Å². The van der Waals surface area contributed by atoms with Gasteiger partial charge < -0.3 is 37.4 Å². The third-order valence-electron chi connectivity index (χ3n) is 6.78. The third kappa shape index (κ3) is 12.4. The molecule has 15 heteroatoms. The van der Waals surface area contributed by atoms with Crippen LogP contribution in [0.4, 0.5) is 0 Å². The fourth-order valence-corrected chi connectivity index (χ4v) is 4.41. The molecule has 3 aromatic rings. The minimum Gasteiger partial charge on any atom is -0.508 e. The lowest BCUT2D eigenvalue weighted by Gasteiger charge is -2.24. The highest BCUT2D eigenvalue weighted by Gasteiger charge is 2.28. The third-order valence-corrected chi connectivity index (χ3v) is 6.78. The van der Waals surface area contributed by atoms with Crippen LogP contribution in [0.1, 0.15) is 37.1 Å². The Labute approximate surface area is 266 Å². The first-order valence-electron chi connectivity index (χ1n) is 14.8. The monoisotopic (exact) mass is 635 g/mol. The van der Waals surface area contributed by atoms with Crippen LogP contribution in [0, 0.1) is 5.92 Å². The van der Waals surface area contributed by atoms with E-state index in [1.165, 1.54) is 18.3 Å². The maximum absolute atomic E-state index is 13.4. The van der Waals surface area contributed by atoms with Crippen LogP contribution in [-0.2, 0) is 43.4 Å². The summed E-state index contributed by atoms with van der Waals surface area (Å²) in [6.45, 7) is 3.09. The summed E-state index contributed by atoms with van der Waals surface area (Å²) >= 11 is 0. The summed E-state index contributed by atoms with van der Waals surface area (Å²) in [5, 5.41) is 32.4. The topological polar surface area (TPSA) is 233 Å². The number of carbonyl (C=O) groups excluding carboxylic acids is 5. The minimum absolute atomic E-state index is 0.0725. The van der Waals surface area contributed by atoms with Crippen molar-refractivity contribution in [3.8, 4) is 5.75 Å². The molecule has 0 aliphatic rings. The molecule has 1 heterocycles. The van der Waals surface area contributed by atoms with Crippen molar-refractivity contribution in [2.24, 2.45) is 11.7 Å². The van der Waals surface area contributed by atoms with Crippen molar-refractivity contribution in [3.63, 3.8) is 0 Å². The van der Waals surface area contributed by atoms with Gasteiger partial charge in [0.05, 0.1) is 31.9 Å². The Morgan fingerprint density at radius 1 is 0.783 bits per heavy atom. The van der Waals surface area contributed by atoms with Gasteiger partial charge in [-0.3, -0.25) is 24.0 Å². The SMILES string of the molecule is CC(C)C[C@H](NC(=O)[C@H](Cc1ccccc1)NC(=O)CNC(=O)CNC(=O)[C@@H](N)Cc1ccc(O)cc1)C(=O)NCc1cn[nH]n1. The lowest BCUT2D eigenvalue weighted by atomic mass is 10.0. The van der Waals surface area contributed by atoms with Crippen LogP contribution >= 0.6 is 0 Å². The zero-order valence-corrected chi connectivity index (χ0v) is 25.8. The largest absolute Gasteiger partial charge is 0.508 e. The number of nitrogens with two attached hydrogens (primary N) is 1. The number of nitrogens with one attached hydrogen (secondary N) is 6. The molecule has 0 saturated heterocycles. The van der Waals surface area contributed by atoms with Gasteiger partial charge in [0.1, 0.15) is 23.5 Å². The Bertz CT molecular complexity index is 1430. The van der Waals surface area contributed by atoms with Gasteiger partial charge in [0, 0.05) is 6.42 Å². The number of phenols is 1. The highest BCUT2D eigenvalue weighted by molar-refractivity contribution is 5.94. The fourth-order valence-electron chi connectivity index (χ4n) is 4.41. The Hall–Kier alpha value is -5.31. The number of hydrogen-bond acceptors (Lipinski definition) is 9. The van der Waals surface area contributed by atoms with Crippen molar-refractivity contribution in [1.82, 2.24) is 42.0 Å². The molecule has 46 heavy (non-hydrogen) atoms.